The maximum Gasteiger partial charge on any atom is 0.151 e. The quantitative estimate of drug-likeness (QED) is 0.720. The second-order valence-electron chi connectivity index (χ2n) is 4.67. The maximum atomic E-state index is 4.20. The minimum absolute atomic E-state index is 0.812. The zero-order chi connectivity index (χ0) is 10.3. The van der Waals surface area contributed by atoms with Gasteiger partial charge in [-0.3, -0.25) is 0 Å². The molecule has 1 aromatic heterocycles. The standard InChI is InChI=1S/C11H16N4/c1-8-2-11(14-13-3-8)15-6-9-4-12-5-10(9)7-15/h2-3,9-10,12H,4-7H2,1H3. The Bertz CT molecular complexity index is 353. The predicted octanol–water partition coefficient (Wildman–Crippen LogP) is 0.441. The van der Waals surface area contributed by atoms with Crippen molar-refractivity contribution in [3.63, 3.8) is 0 Å². The van der Waals surface area contributed by atoms with Crippen molar-refractivity contribution in [1.29, 1.82) is 0 Å². The Balaban J connectivity index is 1.79. The number of nitrogens with one attached hydrogen (secondary N) is 1. The van der Waals surface area contributed by atoms with Crippen LogP contribution in [0.2, 0.25) is 0 Å². The highest BCUT2D eigenvalue weighted by Crippen LogP contribution is 2.29. The van der Waals surface area contributed by atoms with Gasteiger partial charge >= 0.3 is 0 Å². The molecule has 2 fully saturated rings. The van der Waals surface area contributed by atoms with Gasteiger partial charge in [0.2, 0.25) is 0 Å². The summed E-state index contributed by atoms with van der Waals surface area (Å²) in [6.45, 7) is 6.67. The molecule has 2 aliphatic rings. The Labute approximate surface area is 89.7 Å². The summed E-state index contributed by atoms with van der Waals surface area (Å²) < 4.78 is 0. The highest BCUT2D eigenvalue weighted by molar-refractivity contribution is 5.41. The molecule has 0 bridgehead atoms. The van der Waals surface area contributed by atoms with Gasteiger partial charge in [-0.25, -0.2) is 0 Å². The average Bonchev–Trinajstić information content (AvgIpc) is 2.76. The van der Waals surface area contributed by atoms with Crippen LogP contribution in [0.15, 0.2) is 12.3 Å². The Hall–Kier alpha value is -1.16. The number of fused-ring (bicyclic) bond motifs is 1. The molecule has 2 aliphatic heterocycles. The summed E-state index contributed by atoms with van der Waals surface area (Å²) in [7, 11) is 0. The van der Waals surface area contributed by atoms with Crippen molar-refractivity contribution in [3.05, 3.63) is 17.8 Å². The fourth-order valence-electron chi connectivity index (χ4n) is 2.65. The summed E-state index contributed by atoms with van der Waals surface area (Å²) in [4.78, 5) is 2.37. The molecule has 4 nitrogen and oxygen atoms in total. The number of aryl methyl sites for hydroxylation is 1. The summed E-state index contributed by atoms with van der Waals surface area (Å²) in [5, 5.41) is 11.7. The van der Waals surface area contributed by atoms with E-state index in [1.54, 1.807) is 0 Å². The molecule has 80 valence electrons. The lowest BCUT2D eigenvalue weighted by atomic mass is 10.0. The smallest absolute Gasteiger partial charge is 0.151 e. The third kappa shape index (κ3) is 1.59. The van der Waals surface area contributed by atoms with Gasteiger partial charge in [-0.15, -0.1) is 5.10 Å². The number of hydrogen-bond acceptors (Lipinski definition) is 4. The van der Waals surface area contributed by atoms with Crippen molar-refractivity contribution in [1.82, 2.24) is 15.5 Å². The first-order valence-electron chi connectivity index (χ1n) is 5.58. The highest BCUT2D eigenvalue weighted by atomic mass is 15.3. The summed E-state index contributed by atoms with van der Waals surface area (Å²) in [6.07, 6.45) is 1.81. The lowest BCUT2D eigenvalue weighted by molar-refractivity contribution is 0.533. The van der Waals surface area contributed by atoms with E-state index in [9.17, 15) is 0 Å². The number of rotatable bonds is 1. The van der Waals surface area contributed by atoms with Gasteiger partial charge < -0.3 is 10.2 Å². The lowest BCUT2D eigenvalue weighted by Crippen LogP contribution is -2.26. The van der Waals surface area contributed by atoms with Gasteiger partial charge in [0.25, 0.3) is 0 Å². The summed E-state index contributed by atoms with van der Waals surface area (Å²) >= 11 is 0. The van der Waals surface area contributed by atoms with Crippen LogP contribution in [0.1, 0.15) is 5.56 Å². The molecule has 2 atom stereocenters. The number of anilines is 1. The summed E-state index contributed by atoms with van der Waals surface area (Å²) in [6, 6.07) is 2.13. The topological polar surface area (TPSA) is 41.1 Å². The molecular formula is C11H16N4. The first-order chi connectivity index (χ1) is 7.33. The van der Waals surface area contributed by atoms with Crippen LogP contribution >= 0.6 is 0 Å². The third-order valence-electron chi connectivity index (χ3n) is 3.49. The Morgan fingerprint density at radius 2 is 2.07 bits per heavy atom. The number of aromatic nitrogens is 2. The van der Waals surface area contributed by atoms with Crippen molar-refractivity contribution in [2.45, 2.75) is 6.92 Å². The molecule has 1 N–H and O–H groups in total. The van der Waals surface area contributed by atoms with E-state index < -0.39 is 0 Å². The molecule has 2 unspecified atom stereocenters. The van der Waals surface area contributed by atoms with E-state index in [1.807, 2.05) is 6.20 Å². The van der Waals surface area contributed by atoms with Crippen molar-refractivity contribution < 1.29 is 0 Å². The zero-order valence-electron chi connectivity index (χ0n) is 8.98. The molecule has 1 aromatic rings. The Morgan fingerprint density at radius 1 is 1.33 bits per heavy atom. The fourth-order valence-corrected chi connectivity index (χ4v) is 2.65. The monoisotopic (exact) mass is 204 g/mol. The zero-order valence-corrected chi connectivity index (χ0v) is 8.98. The number of hydrogen-bond donors (Lipinski definition) is 1. The van der Waals surface area contributed by atoms with E-state index in [0.29, 0.717) is 0 Å². The largest absolute Gasteiger partial charge is 0.354 e. The van der Waals surface area contributed by atoms with E-state index >= 15 is 0 Å². The normalized spacial score (nSPS) is 29.5. The predicted molar refractivity (Wildman–Crippen MR) is 58.8 cm³/mol. The molecule has 3 heterocycles. The molecule has 0 aliphatic carbocycles. The van der Waals surface area contributed by atoms with E-state index in [0.717, 1.165) is 30.7 Å². The van der Waals surface area contributed by atoms with Gasteiger partial charge in [0.1, 0.15) is 0 Å². The van der Waals surface area contributed by atoms with Gasteiger partial charge in [0.05, 0.1) is 6.20 Å². The minimum atomic E-state index is 0.812. The number of nitrogens with zero attached hydrogens (tertiary/aromatic N) is 3. The van der Waals surface area contributed by atoms with Gasteiger partial charge in [-0.2, -0.15) is 5.10 Å². The molecule has 2 saturated heterocycles. The molecule has 0 amide bonds. The van der Waals surface area contributed by atoms with E-state index in [2.05, 4.69) is 33.4 Å². The van der Waals surface area contributed by atoms with Crippen LogP contribution in [0.25, 0.3) is 0 Å². The van der Waals surface area contributed by atoms with Crippen LogP contribution in [-0.4, -0.2) is 36.4 Å². The van der Waals surface area contributed by atoms with Crippen LogP contribution in [0, 0.1) is 18.8 Å². The first-order valence-corrected chi connectivity index (χ1v) is 5.58. The van der Waals surface area contributed by atoms with Crippen molar-refractivity contribution >= 4 is 5.82 Å². The van der Waals surface area contributed by atoms with Crippen LogP contribution < -0.4 is 10.2 Å². The molecule has 0 saturated carbocycles. The van der Waals surface area contributed by atoms with Crippen molar-refractivity contribution in [3.8, 4) is 0 Å². The van der Waals surface area contributed by atoms with Crippen LogP contribution in [0.3, 0.4) is 0 Å². The van der Waals surface area contributed by atoms with Crippen molar-refractivity contribution in [2.75, 3.05) is 31.1 Å². The third-order valence-corrected chi connectivity index (χ3v) is 3.49. The van der Waals surface area contributed by atoms with Gasteiger partial charge in [0.15, 0.2) is 5.82 Å². The summed E-state index contributed by atoms with van der Waals surface area (Å²) in [5.74, 6) is 2.67. The molecule has 0 radical (unpaired) electrons. The van der Waals surface area contributed by atoms with Gasteiger partial charge in [-0.05, 0) is 30.4 Å². The van der Waals surface area contributed by atoms with Gasteiger partial charge in [-0.1, -0.05) is 0 Å². The van der Waals surface area contributed by atoms with Crippen LogP contribution in [0.4, 0.5) is 5.82 Å². The lowest BCUT2D eigenvalue weighted by Gasteiger charge is -2.17. The van der Waals surface area contributed by atoms with E-state index in [1.165, 1.54) is 18.7 Å². The molecular weight excluding hydrogens is 188 g/mol. The SMILES string of the molecule is Cc1cnnc(N2CC3CNCC3C2)c1. The average molecular weight is 204 g/mol. The van der Waals surface area contributed by atoms with Gasteiger partial charge in [0, 0.05) is 26.2 Å². The second kappa shape index (κ2) is 3.45. The van der Waals surface area contributed by atoms with E-state index in [-0.39, 0.29) is 0 Å². The molecule has 4 heteroatoms. The first kappa shape index (κ1) is 9.09. The van der Waals surface area contributed by atoms with Crippen LogP contribution in [0.5, 0.6) is 0 Å². The fraction of sp³-hybridized carbons (Fsp3) is 0.636. The molecule has 15 heavy (non-hydrogen) atoms. The minimum Gasteiger partial charge on any atom is -0.354 e. The molecule has 0 spiro atoms. The highest BCUT2D eigenvalue weighted by Gasteiger charge is 2.36. The summed E-state index contributed by atoms with van der Waals surface area (Å²) in [5.41, 5.74) is 1.19. The Morgan fingerprint density at radius 3 is 2.73 bits per heavy atom. The second-order valence-corrected chi connectivity index (χ2v) is 4.67. The maximum absolute atomic E-state index is 4.20. The molecule has 0 aromatic carbocycles. The Kier molecular flexibility index (Phi) is 2.09. The van der Waals surface area contributed by atoms with Crippen molar-refractivity contribution in [2.24, 2.45) is 11.8 Å². The molecule has 3 rings (SSSR count). The van der Waals surface area contributed by atoms with E-state index in [4.69, 9.17) is 0 Å². The van der Waals surface area contributed by atoms with Crippen LogP contribution in [-0.2, 0) is 0 Å².